The highest BCUT2D eigenvalue weighted by Crippen LogP contribution is 2.13. The van der Waals surface area contributed by atoms with Gasteiger partial charge in [-0.15, -0.1) is 0 Å². The van der Waals surface area contributed by atoms with Gasteiger partial charge in [-0.05, 0) is 44.9 Å². The third kappa shape index (κ3) is 6.45. The van der Waals surface area contributed by atoms with Crippen LogP contribution in [0.3, 0.4) is 0 Å². The van der Waals surface area contributed by atoms with E-state index in [0.29, 0.717) is 11.4 Å². The molecule has 0 bridgehead atoms. The van der Waals surface area contributed by atoms with Crippen molar-refractivity contribution in [2.24, 2.45) is 0 Å². The second kappa shape index (κ2) is 6.78. The van der Waals surface area contributed by atoms with Gasteiger partial charge in [0.2, 0.25) is 0 Å². The first-order valence-electron chi connectivity index (χ1n) is 6.15. The predicted octanol–water partition coefficient (Wildman–Crippen LogP) is 2.77. The van der Waals surface area contributed by atoms with Crippen LogP contribution in [0.2, 0.25) is 5.02 Å². The van der Waals surface area contributed by atoms with Gasteiger partial charge in [0.25, 0.3) is 0 Å². The molecule has 0 fully saturated rings. The van der Waals surface area contributed by atoms with Crippen molar-refractivity contribution < 1.29 is 14.6 Å². The summed E-state index contributed by atoms with van der Waals surface area (Å²) in [4.78, 5) is 11.6. The molecule has 5 heteroatoms. The van der Waals surface area contributed by atoms with E-state index in [1.54, 1.807) is 32.9 Å². The first-order valence-corrected chi connectivity index (χ1v) is 6.53. The van der Waals surface area contributed by atoms with E-state index < -0.39 is 17.7 Å². The largest absolute Gasteiger partial charge is 0.444 e. The molecule has 0 aliphatic carbocycles. The molecular weight excluding hydrogens is 266 g/mol. The number of aliphatic hydroxyl groups is 1. The molecule has 1 aromatic rings. The molecule has 0 saturated carbocycles. The molecule has 0 saturated heterocycles. The fraction of sp³-hybridized carbons (Fsp3) is 0.500. The molecule has 0 unspecified atom stereocenters. The fourth-order valence-electron chi connectivity index (χ4n) is 1.58. The predicted molar refractivity (Wildman–Crippen MR) is 75.4 cm³/mol. The Morgan fingerprint density at radius 3 is 2.68 bits per heavy atom. The van der Waals surface area contributed by atoms with Crippen molar-refractivity contribution in [2.75, 3.05) is 6.61 Å². The number of hydrogen-bond acceptors (Lipinski definition) is 3. The Balaban J connectivity index is 2.57. The Morgan fingerprint density at radius 2 is 2.16 bits per heavy atom. The van der Waals surface area contributed by atoms with Crippen LogP contribution in [0.4, 0.5) is 4.79 Å². The zero-order valence-electron chi connectivity index (χ0n) is 11.4. The number of carbonyl (C=O) groups excluding carboxylic acids is 1. The molecule has 0 aromatic heterocycles. The molecule has 0 heterocycles. The number of aliphatic hydroxyl groups excluding tert-OH is 1. The number of amides is 1. The number of ether oxygens (including phenoxy) is 1. The lowest BCUT2D eigenvalue weighted by Gasteiger charge is -2.22. The van der Waals surface area contributed by atoms with Gasteiger partial charge in [0.1, 0.15) is 5.60 Å². The Kier molecular flexibility index (Phi) is 5.63. The lowest BCUT2D eigenvalue weighted by atomic mass is 10.1. The standard InChI is InChI=1S/C14H20ClNO3/c1-14(2,3)19-13(18)16-12(9-17)8-10-5-4-6-11(15)7-10/h4-7,12,17H,8-9H2,1-3H3,(H,16,18)/t12-/m0/s1. The van der Waals surface area contributed by atoms with E-state index in [1.807, 2.05) is 12.1 Å². The van der Waals surface area contributed by atoms with Crippen LogP contribution in [0, 0.1) is 0 Å². The highest BCUT2D eigenvalue weighted by atomic mass is 35.5. The van der Waals surface area contributed by atoms with Crippen molar-refractivity contribution in [1.82, 2.24) is 5.32 Å². The van der Waals surface area contributed by atoms with Crippen molar-refractivity contribution in [2.45, 2.75) is 38.8 Å². The second-order valence-corrected chi connectivity index (χ2v) is 5.80. The van der Waals surface area contributed by atoms with Gasteiger partial charge in [-0.2, -0.15) is 0 Å². The van der Waals surface area contributed by atoms with Crippen molar-refractivity contribution in [3.63, 3.8) is 0 Å². The van der Waals surface area contributed by atoms with Gasteiger partial charge >= 0.3 is 6.09 Å². The SMILES string of the molecule is CC(C)(C)OC(=O)N[C@H](CO)Cc1cccc(Cl)c1. The average Bonchev–Trinajstić information content (AvgIpc) is 2.25. The van der Waals surface area contributed by atoms with E-state index in [9.17, 15) is 9.90 Å². The minimum Gasteiger partial charge on any atom is -0.444 e. The average molecular weight is 286 g/mol. The Morgan fingerprint density at radius 1 is 1.47 bits per heavy atom. The summed E-state index contributed by atoms with van der Waals surface area (Å²) in [7, 11) is 0. The molecule has 0 aliphatic rings. The van der Waals surface area contributed by atoms with E-state index in [2.05, 4.69) is 5.32 Å². The van der Waals surface area contributed by atoms with Gasteiger partial charge < -0.3 is 15.2 Å². The summed E-state index contributed by atoms with van der Waals surface area (Å²) in [5, 5.41) is 12.6. The molecule has 1 aromatic carbocycles. The third-order valence-electron chi connectivity index (χ3n) is 2.31. The number of alkyl carbamates (subject to hydrolysis) is 1. The summed E-state index contributed by atoms with van der Waals surface area (Å²) in [6, 6.07) is 6.92. The van der Waals surface area contributed by atoms with Crippen LogP contribution in [-0.2, 0) is 11.2 Å². The number of nitrogens with one attached hydrogen (secondary N) is 1. The molecule has 1 amide bonds. The Labute approximate surface area is 118 Å². The zero-order valence-corrected chi connectivity index (χ0v) is 12.2. The number of benzene rings is 1. The smallest absolute Gasteiger partial charge is 0.407 e. The molecule has 19 heavy (non-hydrogen) atoms. The number of hydrogen-bond donors (Lipinski definition) is 2. The van der Waals surface area contributed by atoms with Gasteiger partial charge in [0, 0.05) is 5.02 Å². The maximum absolute atomic E-state index is 11.6. The minimum absolute atomic E-state index is 0.161. The van der Waals surface area contributed by atoms with E-state index in [4.69, 9.17) is 16.3 Å². The highest BCUT2D eigenvalue weighted by molar-refractivity contribution is 6.30. The molecule has 106 valence electrons. The van der Waals surface area contributed by atoms with Crippen molar-refractivity contribution >= 4 is 17.7 Å². The molecule has 0 radical (unpaired) electrons. The fourth-order valence-corrected chi connectivity index (χ4v) is 1.80. The molecule has 2 N–H and O–H groups in total. The summed E-state index contributed by atoms with van der Waals surface area (Å²) in [6.45, 7) is 5.21. The summed E-state index contributed by atoms with van der Waals surface area (Å²) < 4.78 is 5.14. The van der Waals surface area contributed by atoms with Crippen molar-refractivity contribution in [1.29, 1.82) is 0 Å². The molecule has 1 atom stereocenters. The number of carbonyl (C=O) groups is 1. The Hall–Kier alpha value is -1.26. The van der Waals surface area contributed by atoms with Gasteiger partial charge in [-0.25, -0.2) is 4.79 Å². The van der Waals surface area contributed by atoms with Gasteiger partial charge in [0.05, 0.1) is 12.6 Å². The lowest BCUT2D eigenvalue weighted by molar-refractivity contribution is 0.0483. The van der Waals surface area contributed by atoms with Crippen LogP contribution in [0.15, 0.2) is 24.3 Å². The molecular formula is C14H20ClNO3. The minimum atomic E-state index is -0.555. The van der Waals surface area contributed by atoms with Crippen LogP contribution >= 0.6 is 11.6 Å². The Bertz CT molecular complexity index is 429. The van der Waals surface area contributed by atoms with Crippen molar-refractivity contribution in [3.05, 3.63) is 34.9 Å². The second-order valence-electron chi connectivity index (χ2n) is 5.36. The lowest BCUT2D eigenvalue weighted by Crippen LogP contribution is -2.42. The topological polar surface area (TPSA) is 58.6 Å². The summed E-state index contributed by atoms with van der Waals surface area (Å²) in [5.41, 5.74) is 0.391. The van der Waals surface area contributed by atoms with Crippen LogP contribution in [0.25, 0.3) is 0 Å². The van der Waals surface area contributed by atoms with E-state index in [0.717, 1.165) is 5.56 Å². The molecule has 1 rings (SSSR count). The first-order chi connectivity index (χ1) is 8.80. The summed E-state index contributed by atoms with van der Waals surface area (Å²) >= 11 is 5.89. The summed E-state index contributed by atoms with van der Waals surface area (Å²) in [5.74, 6) is 0. The summed E-state index contributed by atoms with van der Waals surface area (Å²) in [6.07, 6.45) is -0.0374. The first kappa shape index (κ1) is 15.8. The van der Waals surface area contributed by atoms with Crippen molar-refractivity contribution in [3.8, 4) is 0 Å². The van der Waals surface area contributed by atoms with Crippen LogP contribution in [-0.4, -0.2) is 29.4 Å². The van der Waals surface area contributed by atoms with Gasteiger partial charge in [-0.1, -0.05) is 23.7 Å². The number of halogens is 1. The van der Waals surface area contributed by atoms with E-state index >= 15 is 0 Å². The highest BCUT2D eigenvalue weighted by Gasteiger charge is 2.19. The van der Waals surface area contributed by atoms with E-state index in [1.165, 1.54) is 0 Å². The molecule has 0 spiro atoms. The van der Waals surface area contributed by atoms with Crippen LogP contribution in [0.5, 0.6) is 0 Å². The maximum atomic E-state index is 11.6. The quantitative estimate of drug-likeness (QED) is 0.894. The van der Waals surface area contributed by atoms with Crippen LogP contribution < -0.4 is 5.32 Å². The third-order valence-corrected chi connectivity index (χ3v) is 2.55. The zero-order chi connectivity index (χ0) is 14.5. The molecule has 4 nitrogen and oxygen atoms in total. The molecule has 0 aliphatic heterocycles. The maximum Gasteiger partial charge on any atom is 0.407 e. The van der Waals surface area contributed by atoms with Gasteiger partial charge in [-0.3, -0.25) is 0 Å². The van der Waals surface area contributed by atoms with Crippen LogP contribution in [0.1, 0.15) is 26.3 Å². The monoisotopic (exact) mass is 285 g/mol. The van der Waals surface area contributed by atoms with Gasteiger partial charge in [0.15, 0.2) is 0 Å². The normalized spacial score (nSPS) is 12.9. The number of rotatable bonds is 4. The van der Waals surface area contributed by atoms with E-state index in [-0.39, 0.29) is 6.61 Å².